The Hall–Kier alpha value is -2.79. The highest BCUT2D eigenvalue weighted by Crippen LogP contribution is 2.34. The summed E-state index contributed by atoms with van der Waals surface area (Å²) in [5, 5.41) is 3.50. The van der Waals surface area contributed by atoms with Gasteiger partial charge in [0.15, 0.2) is 10.9 Å². The third-order valence-corrected chi connectivity index (χ3v) is 6.05. The predicted octanol–water partition coefficient (Wildman–Crippen LogP) is 6.29. The van der Waals surface area contributed by atoms with Gasteiger partial charge in [-0.25, -0.2) is 4.98 Å². The van der Waals surface area contributed by atoms with Crippen LogP contribution in [-0.2, 0) is 11.2 Å². The Morgan fingerprint density at radius 1 is 0.967 bits per heavy atom. The molecular weight excluding hydrogens is 392 g/mol. The molecule has 1 aromatic heterocycles. The second-order valence-corrected chi connectivity index (χ2v) is 8.78. The van der Waals surface area contributed by atoms with Crippen molar-refractivity contribution in [2.24, 2.45) is 0 Å². The highest BCUT2D eigenvalue weighted by molar-refractivity contribution is 7.16. The summed E-state index contributed by atoms with van der Waals surface area (Å²) in [4.78, 5) is 30.7. The van der Waals surface area contributed by atoms with Gasteiger partial charge >= 0.3 is 0 Å². The Bertz CT molecular complexity index is 1050. The van der Waals surface area contributed by atoms with Crippen molar-refractivity contribution in [3.63, 3.8) is 0 Å². The van der Waals surface area contributed by atoms with E-state index in [9.17, 15) is 9.59 Å². The van der Waals surface area contributed by atoms with Crippen molar-refractivity contribution >= 4 is 28.2 Å². The van der Waals surface area contributed by atoms with Crippen LogP contribution < -0.4 is 5.32 Å². The van der Waals surface area contributed by atoms with Crippen LogP contribution in [0, 0.1) is 20.8 Å². The largest absolute Gasteiger partial charge is 0.302 e. The van der Waals surface area contributed by atoms with Gasteiger partial charge in [0.25, 0.3) is 0 Å². The molecule has 0 saturated carbocycles. The van der Waals surface area contributed by atoms with Crippen LogP contribution in [-0.4, -0.2) is 16.7 Å². The molecule has 3 aromatic rings. The first kappa shape index (κ1) is 21.9. The molecule has 30 heavy (non-hydrogen) atoms. The number of ketones is 1. The number of carbonyl (C=O) groups is 2. The van der Waals surface area contributed by atoms with E-state index >= 15 is 0 Å². The van der Waals surface area contributed by atoms with Gasteiger partial charge in [0.1, 0.15) is 0 Å². The lowest BCUT2D eigenvalue weighted by atomic mass is 10.0. The SMILES string of the molecule is CCCc1sc(NC(=O)CCC(=O)c2ccc(C)cc2)nc1-c1cc(C)ccc1C. The zero-order chi connectivity index (χ0) is 21.7. The van der Waals surface area contributed by atoms with Crippen LogP contribution in [0.15, 0.2) is 42.5 Å². The average molecular weight is 421 g/mol. The minimum absolute atomic E-state index is 0.0213. The lowest BCUT2D eigenvalue weighted by Crippen LogP contribution is -2.13. The molecule has 0 bridgehead atoms. The molecule has 1 amide bonds. The standard InChI is InChI=1S/C25H28N2O2S/c1-5-6-22-24(20-15-17(3)7-10-18(20)4)27-25(30-22)26-23(29)14-13-21(28)19-11-8-16(2)9-12-19/h7-12,15H,5-6,13-14H2,1-4H3,(H,26,27,29). The number of Topliss-reactive ketones (excluding diaryl/α,β-unsaturated/α-hetero) is 1. The van der Waals surface area contributed by atoms with Crippen LogP contribution >= 0.6 is 11.3 Å². The summed E-state index contributed by atoms with van der Waals surface area (Å²) in [6.45, 7) is 8.28. The number of hydrogen-bond donors (Lipinski definition) is 1. The Balaban J connectivity index is 1.70. The van der Waals surface area contributed by atoms with Gasteiger partial charge in [-0.15, -0.1) is 11.3 Å². The van der Waals surface area contributed by atoms with Gasteiger partial charge in [0.05, 0.1) is 5.69 Å². The number of thiazole rings is 1. The molecule has 0 aliphatic carbocycles. The fourth-order valence-electron chi connectivity index (χ4n) is 3.30. The fraction of sp³-hybridized carbons (Fsp3) is 0.320. The number of nitrogens with one attached hydrogen (secondary N) is 1. The molecule has 0 aliphatic rings. The topological polar surface area (TPSA) is 59.1 Å². The van der Waals surface area contributed by atoms with Crippen LogP contribution in [0.1, 0.15) is 58.1 Å². The number of hydrogen-bond acceptors (Lipinski definition) is 4. The molecular formula is C25H28N2O2S. The zero-order valence-electron chi connectivity index (χ0n) is 18.0. The first-order chi connectivity index (χ1) is 14.4. The molecule has 0 unspecified atom stereocenters. The molecule has 0 spiro atoms. The molecule has 1 N–H and O–H groups in total. The minimum atomic E-state index is -0.181. The molecule has 0 aliphatic heterocycles. The highest BCUT2D eigenvalue weighted by atomic mass is 32.1. The fourth-order valence-corrected chi connectivity index (χ4v) is 4.39. The van der Waals surface area contributed by atoms with Gasteiger partial charge in [-0.3, -0.25) is 9.59 Å². The minimum Gasteiger partial charge on any atom is -0.302 e. The number of aryl methyl sites for hydroxylation is 4. The maximum Gasteiger partial charge on any atom is 0.226 e. The molecule has 156 valence electrons. The van der Waals surface area contributed by atoms with Gasteiger partial charge in [0.2, 0.25) is 5.91 Å². The van der Waals surface area contributed by atoms with Crippen LogP contribution in [0.4, 0.5) is 5.13 Å². The number of nitrogens with zero attached hydrogens (tertiary/aromatic N) is 1. The van der Waals surface area contributed by atoms with Crippen molar-refractivity contribution < 1.29 is 9.59 Å². The van der Waals surface area contributed by atoms with E-state index in [2.05, 4.69) is 44.3 Å². The summed E-state index contributed by atoms with van der Waals surface area (Å²) in [5.74, 6) is -0.202. The first-order valence-electron chi connectivity index (χ1n) is 10.3. The highest BCUT2D eigenvalue weighted by Gasteiger charge is 2.17. The summed E-state index contributed by atoms with van der Waals surface area (Å²) < 4.78 is 0. The van der Waals surface area contributed by atoms with Crippen molar-refractivity contribution in [1.29, 1.82) is 0 Å². The lowest BCUT2D eigenvalue weighted by Gasteiger charge is -2.06. The van der Waals surface area contributed by atoms with Crippen LogP contribution in [0.2, 0.25) is 0 Å². The van der Waals surface area contributed by atoms with Crippen molar-refractivity contribution in [3.8, 4) is 11.3 Å². The molecule has 0 radical (unpaired) electrons. The molecule has 5 heteroatoms. The molecule has 0 saturated heterocycles. The number of amides is 1. The molecule has 3 rings (SSSR count). The first-order valence-corrected chi connectivity index (χ1v) is 11.2. The third-order valence-electron chi connectivity index (χ3n) is 5.02. The molecule has 2 aromatic carbocycles. The summed E-state index contributed by atoms with van der Waals surface area (Å²) in [6.07, 6.45) is 2.26. The lowest BCUT2D eigenvalue weighted by molar-refractivity contribution is -0.116. The van der Waals surface area contributed by atoms with E-state index < -0.39 is 0 Å². The molecule has 4 nitrogen and oxygen atoms in total. The van der Waals surface area contributed by atoms with E-state index in [1.54, 1.807) is 0 Å². The van der Waals surface area contributed by atoms with Crippen LogP contribution in [0.25, 0.3) is 11.3 Å². The number of rotatable bonds is 8. The van der Waals surface area contributed by atoms with Gasteiger partial charge in [-0.1, -0.05) is 60.9 Å². The maximum absolute atomic E-state index is 12.4. The Morgan fingerprint density at radius 3 is 2.37 bits per heavy atom. The average Bonchev–Trinajstić information content (AvgIpc) is 3.10. The smallest absolute Gasteiger partial charge is 0.226 e. The number of anilines is 1. The van der Waals surface area contributed by atoms with Gasteiger partial charge in [-0.05, 0) is 38.8 Å². The predicted molar refractivity (Wildman–Crippen MR) is 124 cm³/mol. The van der Waals surface area contributed by atoms with Crippen molar-refractivity contribution in [2.75, 3.05) is 5.32 Å². The van der Waals surface area contributed by atoms with Gasteiger partial charge in [0, 0.05) is 28.8 Å². The second kappa shape index (κ2) is 9.81. The van der Waals surface area contributed by atoms with Crippen LogP contribution in [0.5, 0.6) is 0 Å². The third kappa shape index (κ3) is 5.42. The summed E-state index contributed by atoms with van der Waals surface area (Å²) in [5.41, 5.74) is 6.18. The Kier molecular flexibility index (Phi) is 7.16. The summed E-state index contributed by atoms with van der Waals surface area (Å²) in [6, 6.07) is 13.8. The van der Waals surface area contributed by atoms with Crippen molar-refractivity contribution in [1.82, 2.24) is 4.98 Å². The van der Waals surface area contributed by atoms with Gasteiger partial charge in [-0.2, -0.15) is 0 Å². The molecule has 1 heterocycles. The molecule has 0 fully saturated rings. The van der Waals surface area contributed by atoms with E-state index in [1.807, 2.05) is 31.2 Å². The van der Waals surface area contributed by atoms with Gasteiger partial charge < -0.3 is 5.32 Å². The molecule has 0 atom stereocenters. The summed E-state index contributed by atoms with van der Waals surface area (Å²) in [7, 11) is 0. The van der Waals surface area contributed by atoms with E-state index in [4.69, 9.17) is 4.98 Å². The summed E-state index contributed by atoms with van der Waals surface area (Å²) >= 11 is 1.53. The Morgan fingerprint density at radius 2 is 1.67 bits per heavy atom. The van der Waals surface area contributed by atoms with Crippen molar-refractivity contribution in [3.05, 3.63) is 69.6 Å². The number of benzene rings is 2. The van der Waals surface area contributed by atoms with E-state index in [0.717, 1.165) is 29.7 Å². The number of aromatic nitrogens is 1. The second-order valence-electron chi connectivity index (χ2n) is 7.70. The van der Waals surface area contributed by atoms with Crippen LogP contribution in [0.3, 0.4) is 0 Å². The Labute approximate surface area is 182 Å². The monoisotopic (exact) mass is 420 g/mol. The van der Waals surface area contributed by atoms with E-state index in [1.165, 1.54) is 27.3 Å². The normalized spacial score (nSPS) is 10.8. The van der Waals surface area contributed by atoms with E-state index in [0.29, 0.717) is 10.7 Å². The zero-order valence-corrected chi connectivity index (χ0v) is 18.9. The maximum atomic E-state index is 12.4. The number of carbonyl (C=O) groups excluding carboxylic acids is 2. The quantitative estimate of drug-likeness (QED) is 0.436. The van der Waals surface area contributed by atoms with Crippen molar-refractivity contribution in [2.45, 2.75) is 53.4 Å². The van der Waals surface area contributed by atoms with E-state index in [-0.39, 0.29) is 24.5 Å².